The van der Waals surface area contributed by atoms with E-state index in [0.717, 1.165) is 28.8 Å². The highest BCUT2D eigenvalue weighted by atomic mass is 32.1. The molecule has 4 aromatic rings. The van der Waals surface area contributed by atoms with E-state index in [-0.39, 0.29) is 11.7 Å². The van der Waals surface area contributed by atoms with Crippen molar-refractivity contribution in [3.05, 3.63) is 72.3 Å². The summed E-state index contributed by atoms with van der Waals surface area (Å²) in [7, 11) is 0. The molecule has 0 saturated heterocycles. The molecule has 1 amide bonds. The molecule has 4 rings (SSSR count). The van der Waals surface area contributed by atoms with Crippen LogP contribution in [0.2, 0.25) is 0 Å². The maximum atomic E-state index is 12.6. The van der Waals surface area contributed by atoms with Crippen LogP contribution in [0, 0.1) is 0 Å². The molecule has 3 aromatic carbocycles. The summed E-state index contributed by atoms with van der Waals surface area (Å²) in [5.74, 6) is 0.652. The molecule has 0 aliphatic heterocycles. The van der Waals surface area contributed by atoms with E-state index in [1.807, 2.05) is 24.3 Å². The van der Waals surface area contributed by atoms with Crippen LogP contribution in [0.1, 0.15) is 30.1 Å². The van der Waals surface area contributed by atoms with Crippen LogP contribution in [0.15, 0.2) is 66.7 Å². The summed E-state index contributed by atoms with van der Waals surface area (Å²) in [6.07, 6.45) is 2.08. The summed E-state index contributed by atoms with van der Waals surface area (Å²) in [5.41, 5.74) is 2.60. The Morgan fingerprint density at radius 2 is 1.90 bits per heavy atom. The normalized spacial score (nSPS) is 10.8. The maximum absolute atomic E-state index is 12.6. The molecule has 152 valence electrons. The first-order chi connectivity index (χ1) is 14.6. The number of aromatic nitrogens is 1. The standard InChI is InChI=1S/C24H22N2O3S/c1-2-3-14-29-18-11-8-16(9-12-18)23(28)25-17-10-13-21(27)19(15-17)24-26-20-6-4-5-7-22(20)30-24/h4-13,15,27H,2-3,14H2,1H3,(H,25,28). The minimum Gasteiger partial charge on any atom is -0.507 e. The Morgan fingerprint density at radius 3 is 2.67 bits per heavy atom. The Balaban J connectivity index is 1.51. The lowest BCUT2D eigenvalue weighted by Crippen LogP contribution is -2.11. The second kappa shape index (κ2) is 8.97. The van der Waals surface area contributed by atoms with Crippen molar-refractivity contribution in [1.82, 2.24) is 4.98 Å². The van der Waals surface area contributed by atoms with Crippen LogP contribution < -0.4 is 10.1 Å². The number of nitrogens with one attached hydrogen (secondary N) is 1. The number of amides is 1. The van der Waals surface area contributed by atoms with Gasteiger partial charge in [-0.1, -0.05) is 25.5 Å². The Bertz CT molecular complexity index is 1140. The molecule has 1 heterocycles. The zero-order valence-electron chi connectivity index (χ0n) is 16.6. The van der Waals surface area contributed by atoms with Gasteiger partial charge in [0.05, 0.1) is 22.4 Å². The number of anilines is 1. The third-order valence-electron chi connectivity index (χ3n) is 4.66. The van der Waals surface area contributed by atoms with Crippen LogP contribution in [0.4, 0.5) is 5.69 Å². The quantitative estimate of drug-likeness (QED) is 0.281. The highest BCUT2D eigenvalue weighted by Gasteiger charge is 2.13. The molecule has 0 aliphatic rings. The predicted molar refractivity (Wildman–Crippen MR) is 122 cm³/mol. The number of ether oxygens (including phenoxy) is 1. The molecule has 0 spiro atoms. The molecular weight excluding hydrogens is 396 g/mol. The van der Waals surface area contributed by atoms with Gasteiger partial charge < -0.3 is 15.2 Å². The SMILES string of the molecule is CCCCOc1ccc(C(=O)Nc2ccc(O)c(-c3nc4ccccc4s3)c2)cc1. The third-order valence-corrected chi connectivity index (χ3v) is 5.73. The number of thiazole rings is 1. The molecule has 5 nitrogen and oxygen atoms in total. The number of hydrogen-bond donors (Lipinski definition) is 2. The number of fused-ring (bicyclic) bond motifs is 1. The average Bonchev–Trinajstić information content (AvgIpc) is 3.20. The Labute approximate surface area is 179 Å². The van der Waals surface area contributed by atoms with Gasteiger partial charge in [0.15, 0.2) is 0 Å². The first-order valence-electron chi connectivity index (χ1n) is 9.87. The molecule has 0 fully saturated rings. The largest absolute Gasteiger partial charge is 0.507 e. The second-order valence-corrected chi connectivity index (χ2v) is 7.93. The van der Waals surface area contributed by atoms with E-state index in [1.165, 1.54) is 11.3 Å². The maximum Gasteiger partial charge on any atom is 0.255 e. The van der Waals surface area contributed by atoms with E-state index >= 15 is 0 Å². The van der Waals surface area contributed by atoms with E-state index in [0.29, 0.717) is 28.4 Å². The van der Waals surface area contributed by atoms with Crippen molar-refractivity contribution in [3.8, 4) is 22.1 Å². The minimum absolute atomic E-state index is 0.126. The number of unbranched alkanes of at least 4 members (excludes halogenated alkanes) is 1. The van der Waals surface area contributed by atoms with Crippen LogP contribution in [0.3, 0.4) is 0 Å². The van der Waals surface area contributed by atoms with Crippen molar-refractivity contribution in [2.45, 2.75) is 19.8 Å². The molecule has 1 aromatic heterocycles. The smallest absolute Gasteiger partial charge is 0.255 e. The fourth-order valence-electron chi connectivity index (χ4n) is 3.01. The van der Waals surface area contributed by atoms with Crippen molar-refractivity contribution in [2.75, 3.05) is 11.9 Å². The van der Waals surface area contributed by atoms with Gasteiger partial charge in [0.1, 0.15) is 16.5 Å². The summed E-state index contributed by atoms with van der Waals surface area (Å²) in [6, 6.07) is 19.9. The number of aromatic hydroxyl groups is 1. The van der Waals surface area contributed by atoms with Crippen molar-refractivity contribution < 1.29 is 14.6 Å². The fourth-order valence-corrected chi connectivity index (χ4v) is 4.00. The van der Waals surface area contributed by atoms with E-state index < -0.39 is 0 Å². The van der Waals surface area contributed by atoms with E-state index in [2.05, 4.69) is 17.2 Å². The number of para-hydroxylation sites is 1. The third kappa shape index (κ3) is 4.44. The zero-order chi connectivity index (χ0) is 20.9. The lowest BCUT2D eigenvalue weighted by atomic mass is 10.1. The van der Waals surface area contributed by atoms with Gasteiger partial charge in [-0.25, -0.2) is 4.98 Å². The van der Waals surface area contributed by atoms with Gasteiger partial charge in [0, 0.05) is 11.3 Å². The van der Waals surface area contributed by atoms with Crippen LogP contribution in [-0.2, 0) is 0 Å². The van der Waals surface area contributed by atoms with Gasteiger partial charge in [0.2, 0.25) is 0 Å². The van der Waals surface area contributed by atoms with Gasteiger partial charge in [-0.2, -0.15) is 0 Å². The Hall–Kier alpha value is -3.38. The molecule has 0 saturated carbocycles. The first-order valence-corrected chi connectivity index (χ1v) is 10.7. The minimum atomic E-state index is -0.226. The van der Waals surface area contributed by atoms with Gasteiger partial charge in [-0.15, -0.1) is 11.3 Å². The second-order valence-electron chi connectivity index (χ2n) is 6.90. The monoisotopic (exact) mass is 418 g/mol. The number of phenolic OH excluding ortho intramolecular Hbond substituents is 1. The van der Waals surface area contributed by atoms with E-state index in [1.54, 1.807) is 42.5 Å². The summed E-state index contributed by atoms with van der Waals surface area (Å²) >= 11 is 1.50. The number of rotatable bonds is 7. The fraction of sp³-hybridized carbons (Fsp3) is 0.167. The van der Waals surface area contributed by atoms with Gasteiger partial charge in [-0.05, 0) is 61.0 Å². The molecule has 6 heteroatoms. The summed E-state index contributed by atoms with van der Waals surface area (Å²) < 4.78 is 6.68. The Kier molecular flexibility index (Phi) is 5.95. The van der Waals surface area contributed by atoms with Crippen molar-refractivity contribution in [3.63, 3.8) is 0 Å². The Morgan fingerprint density at radius 1 is 1.10 bits per heavy atom. The van der Waals surface area contributed by atoms with Crippen LogP contribution in [-0.4, -0.2) is 22.6 Å². The summed E-state index contributed by atoms with van der Waals surface area (Å²) in [6.45, 7) is 2.78. The lowest BCUT2D eigenvalue weighted by molar-refractivity contribution is 0.102. The van der Waals surface area contributed by atoms with Crippen molar-refractivity contribution in [2.24, 2.45) is 0 Å². The molecule has 0 aliphatic carbocycles. The number of carbonyl (C=O) groups excluding carboxylic acids is 1. The molecule has 2 N–H and O–H groups in total. The molecule has 0 bridgehead atoms. The average molecular weight is 419 g/mol. The highest BCUT2D eigenvalue weighted by molar-refractivity contribution is 7.21. The molecule has 0 unspecified atom stereocenters. The molecule has 0 radical (unpaired) electrons. The predicted octanol–water partition coefficient (Wildman–Crippen LogP) is 6.10. The van der Waals surface area contributed by atoms with Gasteiger partial charge >= 0.3 is 0 Å². The molecular formula is C24H22N2O3S. The van der Waals surface area contributed by atoms with Crippen LogP contribution in [0.25, 0.3) is 20.8 Å². The summed E-state index contributed by atoms with van der Waals surface area (Å²) in [4.78, 5) is 17.2. The van der Waals surface area contributed by atoms with Gasteiger partial charge in [-0.3, -0.25) is 4.79 Å². The number of carbonyl (C=O) groups is 1. The highest BCUT2D eigenvalue weighted by Crippen LogP contribution is 2.36. The van der Waals surface area contributed by atoms with Crippen molar-refractivity contribution >= 4 is 33.1 Å². The number of benzene rings is 3. The molecule has 30 heavy (non-hydrogen) atoms. The first kappa shape index (κ1) is 19.9. The lowest BCUT2D eigenvalue weighted by Gasteiger charge is -2.09. The van der Waals surface area contributed by atoms with Crippen LogP contribution >= 0.6 is 11.3 Å². The summed E-state index contributed by atoms with van der Waals surface area (Å²) in [5, 5.41) is 13.9. The van der Waals surface area contributed by atoms with Crippen LogP contribution in [0.5, 0.6) is 11.5 Å². The topological polar surface area (TPSA) is 71.5 Å². The molecule has 0 atom stereocenters. The van der Waals surface area contributed by atoms with E-state index in [4.69, 9.17) is 4.74 Å². The van der Waals surface area contributed by atoms with E-state index in [9.17, 15) is 9.90 Å². The number of nitrogens with zero attached hydrogens (tertiary/aromatic N) is 1. The number of hydrogen-bond acceptors (Lipinski definition) is 5. The van der Waals surface area contributed by atoms with Gasteiger partial charge in [0.25, 0.3) is 5.91 Å². The van der Waals surface area contributed by atoms with Crippen molar-refractivity contribution in [1.29, 1.82) is 0 Å². The number of phenols is 1. The zero-order valence-corrected chi connectivity index (χ0v) is 17.4.